The third-order valence-corrected chi connectivity index (χ3v) is 10.9. The van der Waals surface area contributed by atoms with E-state index < -0.39 is 21.1 Å². The smallest absolute Gasteiger partial charge is 0.407 e. The largest absolute Gasteiger partial charge is 0.447 e. The number of hydrogen-bond acceptors (Lipinski definition) is 7. The molecule has 45 heavy (non-hydrogen) atoms. The number of aromatic nitrogens is 1. The molecule has 0 spiro atoms. The first kappa shape index (κ1) is 32.9. The third kappa shape index (κ3) is 8.42. The highest BCUT2D eigenvalue weighted by Crippen LogP contribution is 2.45. The molecule has 1 heterocycles. The van der Waals surface area contributed by atoms with Crippen LogP contribution >= 0.6 is 11.3 Å². The molecule has 0 atom stereocenters. The molecule has 10 nitrogen and oxygen atoms in total. The van der Waals surface area contributed by atoms with E-state index >= 15 is 0 Å². The zero-order chi connectivity index (χ0) is 32.4. The topological polar surface area (TPSA) is 139 Å². The Morgan fingerprint density at radius 1 is 1.02 bits per heavy atom. The van der Waals surface area contributed by atoms with Crippen LogP contribution in [0.15, 0.2) is 59.6 Å². The molecule has 242 valence electrons. The molecule has 3 amide bonds. The zero-order valence-electron chi connectivity index (χ0n) is 26.5. The SMILES string of the molecule is CC(C)OC(=O)N[C@H]1CC[C@H](c2ncc(-c3ccc(NC(=O)NC4(c5ccccc5)CC4)cc3S(=O)(=O)NC(C)(C)C)s2)CC1. The molecule has 0 aliphatic heterocycles. The van der Waals surface area contributed by atoms with Crippen molar-refractivity contribution in [2.75, 3.05) is 5.32 Å². The first-order valence-corrected chi connectivity index (χ1v) is 17.8. The second kappa shape index (κ2) is 13.1. The molecule has 0 saturated heterocycles. The van der Waals surface area contributed by atoms with Crippen molar-refractivity contribution in [3.05, 3.63) is 65.3 Å². The van der Waals surface area contributed by atoms with E-state index in [1.807, 2.05) is 44.2 Å². The van der Waals surface area contributed by atoms with Crippen LogP contribution in [0.25, 0.3) is 10.4 Å². The fourth-order valence-corrected chi connectivity index (χ4v) is 8.59. The number of urea groups is 1. The highest BCUT2D eigenvalue weighted by Gasteiger charge is 2.45. The van der Waals surface area contributed by atoms with Crippen molar-refractivity contribution in [3.8, 4) is 10.4 Å². The van der Waals surface area contributed by atoms with Crippen LogP contribution in [0.2, 0.25) is 0 Å². The average Bonchev–Trinajstić information content (AvgIpc) is 3.56. The molecule has 5 rings (SSSR count). The zero-order valence-corrected chi connectivity index (χ0v) is 28.1. The fraction of sp³-hybridized carbons (Fsp3) is 0.485. The number of carbonyl (C=O) groups excluding carboxylic acids is 2. The van der Waals surface area contributed by atoms with Gasteiger partial charge in [-0.3, -0.25) is 0 Å². The molecule has 2 aliphatic carbocycles. The van der Waals surface area contributed by atoms with Crippen LogP contribution < -0.4 is 20.7 Å². The van der Waals surface area contributed by atoms with Gasteiger partial charge in [-0.25, -0.2) is 27.7 Å². The van der Waals surface area contributed by atoms with E-state index in [1.165, 1.54) is 17.4 Å². The van der Waals surface area contributed by atoms with Gasteiger partial charge in [-0.2, -0.15) is 0 Å². The fourth-order valence-electron chi connectivity index (χ4n) is 5.73. The van der Waals surface area contributed by atoms with Crippen molar-refractivity contribution in [1.82, 2.24) is 20.3 Å². The minimum Gasteiger partial charge on any atom is -0.447 e. The third-order valence-electron chi connectivity index (χ3n) is 7.93. The Kier molecular flexibility index (Phi) is 9.57. The van der Waals surface area contributed by atoms with Crippen molar-refractivity contribution in [1.29, 1.82) is 0 Å². The molecule has 0 bridgehead atoms. The highest BCUT2D eigenvalue weighted by atomic mass is 32.2. The number of thiazole rings is 1. The van der Waals surface area contributed by atoms with Gasteiger partial charge >= 0.3 is 12.1 Å². The molecule has 0 unspecified atom stereocenters. The van der Waals surface area contributed by atoms with E-state index in [0.29, 0.717) is 11.3 Å². The van der Waals surface area contributed by atoms with Crippen LogP contribution in [0.1, 0.15) is 89.6 Å². The lowest BCUT2D eigenvalue weighted by molar-refractivity contribution is 0.109. The monoisotopic (exact) mass is 653 g/mol. The highest BCUT2D eigenvalue weighted by molar-refractivity contribution is 7.89. The Labute approximate surface area is 269 Å². The number of anilines is 1. The molecule has 1 aromatic heterocycles. The Morgan fingerprint density at radius 3 is 2.33 bits per heavy atom. The van der Waals surface area contributed by atoms with Crippen molar-refractivity contribution >= 4 is 39.2 Å². The molecule has 4 N–H and O–H groups in total. The van der Waals surface area contributed by atoms with Gasteiger partial charge < -0.3 is 20.7 Å². The maximum atomic E-state index is 13.7. The molecule has 3 aromatic rings. The minimum atomic E-state index is -3.96. The summed E-state index contributed by atoms with van der Waals surface area (Å²) in [5.74, 6) is 0.222. The Hall–Kier alpha value is -3.48. The van der Waals surface area contributed by atoms with Crippen LogP contribution in [-0.2, 0) is 20.3 Å². The van der Waals surface area contributed by atoms with Gasteiger partial charge in [0.2, 0.25) is 10.0 Å². The van der Waals surface area contributed by atoms with Gasteiger partial charge in [0.1, 0.15) is 0 Å². The number of ether oxygens (including phenoxy) is 1. The van der Waals surface area contributed by atoms with Crippen molar-refractivity contribution in [2.45, 2.75) is 107 Å². The first-order valence-electron chi connectivity index (χ1n) is 15.5. The second-order valence-electron chi connectivity index (χ2n) is 13.3. The molecule has 2 aliphatic rings. The van der Waals surface area contributed by atoms with Crippen LogP contribution in [0, 0.1) is 0 Å². The van der Waals surface area contributed by atoms with Crippen molar-refractivity contribution < 1.29 is 22.7 Å². The van der Waals surface area contributed by atoms with Gasteiger partial charge in [0.05, 0.1) is 26.4 Å². The molecule has 2 aromatic carbocycles. The Bertz CT molecular complexity index is 1620. The van der Waals surface area contributed by atoms with E-state index in [4.69, 9.17) is 9.72 Å². The van der Waals surface area contributed by atoms with Gasteiger partial charge in [-0.05, 0) is 90.8 Å². The number of carbonyl (C=O) groups is 2. The van der Waals surface area contributed by atoms with Crippen LogP contribution in [0.3, 0.4) is 0 Å². The summed E-state index contributed by atoms with van der Waals surface area (Å²) in [5, 5.41) is 9.83. The van der Waals surface area contributed by atoms with E-state index in [2.05, 4.69) is 20.7 Å². The number of nitrogens with one attached hydrogen (secondary N) is 4. The lowest BCUT2D eigenvalue weighted by Crippen LogP contribution is -2.40. The molecule has 0 radical (unpaired) electrons. The van der Waals surface area contributed by atoms with Crippen LogP contribution in [0.5, 0.6) is 0 Å². The first-order chi connectivity index (χ1) is 21.2. The maximum absolute atomic E-state index is 13.7. The van der Waals surface area contributed by atoms with Crippen LogP contribution in [-0.4, -0.2) is 43.2 Å². The van der Waals surface area contributed by atoms with E-state index in [0.717, 1.165) is 54.0 Å². The van der Waals surface area contributed by atoms with Gasteiger partial charge in [0.25, 0.3) is 0 Å². The number of benzene rings is 2. The Morgan fingerprint density at radius 2 is 1.71 bits per heavy atom. The molecule has 12 heteroatoms. The van der Waals surface area contributed by atoms with Gasteiger partial charge in [0, 0.05) is 34.9 Å². The summed E-state index contributed by atoms with van der Waals surface area (Å²) in [6, 6.07) is 14.5. The maximum Gasteiger partial charge on any atom is 0.407 e. The van der Waals surface area contributed by atoms with E-state index in [9.17, 15) is 18.0 Å². The predicted octanol–water partition coefficient (Wildman–Crippen LogP) is 6.86. The summed E-state index contributed by atoms with van der Waals surface area (Å²) in [4.78, 5) is 30.6. The van der Waals surface area contributed by atoms with E-state index in [1.54, 1.807) is 39.1 Å². The Balaban J connectivity index is 1.33. The number of hydrogen-bond donors (Lipinski definition) is 4. The van der Waals surface area contributed by atoms with Gasteiger partial charge in [0.15, 0.2) is 0 Å². The lowest BCUT2D eigenvalue weighted by Gasteiger charge is -2.28. The number of alkyl carbamates (subject to hydrolysis) is 1. The standard InChI is InChI=1S/C33H43N5O5S2/c1-21(2)43-31(40)36-24-13-11-22(12-14-24)29-34-20-27(44-29)26-16-15-25(19-28(26)45(41,42)38-32(3,4)5)35-30(39)37-33(17-18-33)23-9-7-6-8-10-23/h6-10,15-16,19-22,24,38H,11-14,17-18H2,1-5H3,(H,36,40)(H2,35,37,39)/t22-,24-. The number of rotatable bonds is 9. The summed E-state index contributed by atoms with van der Waals surface area (Å²) in [5.41, 5.74) is 0.835. The number of nitrogens with zero attached hydrogens (tertiary/aromatic N) is 1. The lowest BCUT2D eigenvalue weighted by atomic mass is 9.86. The number of amides is 3. The number of sulfonamides is 1. The van der Waals surface area contributed by atoms with Crippen LogP contribution in [0.4, 0.5) is 15.3 Å². The van der Waals surface area contributed by atoms with Crippen molar-refractivity contribution in [2.24, 2.45) is 0 Å². The average molecular weight is 654 g/mol. The molecular weight excluding hydrogens is 611 g/mol. The van der Waals surface area contributed by atoms with Crippen molar-refractivity contribution in [3.63, 3.8) is 0 Å². The summed E-state index contributed by atoms with van der Waals surface area (Å²) in [7, 11) is -3.96. The second-order valence-corrected chi connectivity index (χ2v) is 16.0. The molecule has 2 saturated carbocycles. The summed E-state index contributed by atoms with van der Waals surface area (Å²) in [6.07, 6.45) is 6.21. The summed E-state index contributed by atoms with van der Waals surface area (Å²) < 4.78 is 35.4. The predicted molar refractivity (Wildman–Crippen MR) is 177 cm³/mol. The quantitative estimate of drug-likeness (QED) is 0.199. The summed E-state index contributed by atoms with van der Waals surface area (Å²) in [6.45, 7) is 9.01. The van der Waals surface area contributed by atoms with E-state index in [-0.39, 0.29) is 35.1 Å². The molecule has 2 fully saturated rings. The summed E-state index contributed by atoms with van der Waals surface area (Å²) >= 11 is 1.48. The molecular formula is C33H43N5O5S2. The normalized spacial score (nSPS) is 19.5. The van der Waals surface area contributed by atoms with Gasteiger partial charge in [-0.1, -0.05) is 36.4 Å². The minimum absolute atomic E-state index is 0.0619. The van der Waals surface area contributed by atoms with Gasteiger partial charge in [-0.15, -0.1) is 11.3 Å².